The third-order valence-corrected chi connectivity index (χ3v) is 3.27. The molecule has 1 amide bonds. The molecule has 7 heteroatoms. The molecule has 23 heavy (non-hydrogen) atoms. The molecule has 2 aromatic carbocycles. The van der Waals surface area contributed by atoms with Crippen molar-refractivity contribution in [3.05, 3.63) is 64.7 Å². The lowest BCUT2D eigenvalue weighted by molar-refractivity contribution is -0.123. The van der Waals surface area contributed by atoms with Gasteiger partial charge in [0.2, 0.25) is 0 Å². The molecule has 0 aliphatic rings. The smallest absolute Gasteiger partial charge is 0.343 e. The monoisotopic (exact) mass is 339 g/mol. The van der Waals surface area contributed by atoms with E-state index in [4.69, 9.17) is 16.3 Å². The van der Waals surface area contributed by atoms with Crippen molar-refractivity contribution in [3.63, 3.8) is 0 Å². The first-order valence-corrected chi connectivity index (χ1v) is 6.98. The fraction of sp³-hybridized carbons (Fsp3) is 0.125. The Morgan fingerprint density at radius 1 is 1.09 bits per heavy atom. The summed E-state index contributed by atoms with van der Waals surface area (Å²) in [6.45, 7) is 1.28. The molecule has 1 atom stereocenters. The van der Waals surface area contributed by atoms with Gasteiger partial charge in [0.25, 0.3) is 5.91 Å². The maximum atomic E-state index is 13.6. The summed E-state index contributed by atoms with van der Waals surface area (Å²) in [5, 5.41) is 2.15. The number of benzene rings is 2. The second kappa shape index (κ2) is 7.19. The topological polar surface area (TPSA) is 55.4 Å². The lowest BCUT2D eigenvalue weighted by Crippen LogP contribution is -2.30. The van der Waals surface area contributed by atoms with Gasteiger partial charge in [0.05, 0.1) is 10.7 Å². The number of anilines is 1. The molecule has 1 N–H and O–H groups in total. The predicted molar refractivity (Wildman–Crippen MR) is 81.3 cm³/mol. The quantitative estimate of drug-likeness (QED) is 0.862. The fourth-order valence-electron chi connectivity index (χ4n) is 1.76. The number of hydrogen-bond donors (Lipinski definition) is 1. The first-order valence-electron chi connectivity index (χ1n) is 6.60. The van der Waals surface area contributed by atoms with Crippen LogP contribution in [0.25, 0.3) is 0 Å². The summed E-state index contributed by atoms with van der Waals surface area (Å²) in [6.07, 6.45) is -1.27. The van der Waals surface area contributed by atoms with Crippen molar-refractivity contribution in [1.82, 2.24) is 0 Å². The van der Waals surface area contributed by atoms with Crippen LogP contribution in [0, 0.1) is 11.6 Å². The minimum atomic E-state index is -1.27. The van der Waals surface area contributed by atoms with E-state index in [1.165, 1.54) is 43.3 Å². The molecule has 0 aliphatic carbocycles. The summed E-state index contributed by atoms with van der Waals surface area (Å²) in [5.41, 5.74) is -0.510. The SMILES string of the molecule is C[C@@H](OC(=O)c1c(F)cccc1Cl)C(=O)Nc1ccccc1F. The van der Waals surface area contributed by atoms with Crippen LogP contribution >= 0.6 is 11.6 Å². The average molecular weight is 340 g/mol. The Hall–Kier alpha value is -2.47. The zero-order valence-corrected chi connectivity index (χ0v) is 12.7. The van der Waals surface area contributed by atoms with E-state index in [1.54, 1.807) is 0 Å². The van der Waals surface area contributed by atoms with Crippen molar-refractivity contribution in [2.45, 2.75) is 13.0 Å². The van der Waals surface area contributed by atoms with Crippen LogP contribution in [0.15, 0.2) is 42.5 Å². The van der Waals surface area contributed by atoms with Crippen LogP contribution in [0.5, 0.6) is 0 Å². The molecule has 0 bridgehead atoms. The van der Waals surface area contributed by atoms with Crippen LogP contribution < -0.4 is 5.32 Å². The summed E-state index contributed by atoms with van der Waals surface area (Å²) in [4.78, 5) is 23.8. The first-order chi connectivity index (χ1) is 10.9. The number of amides is 1. The van der Waals surface area contributed by atoms with Gasteiger partial charge in [-0.3, -0.25) is 4.79 Å². The third kappa shape index (κ3) is 4.04. The Morgan fingerprint density at radius 3 is 2.39 bits per heavy atom. The van der Waals surface area contributed by atoms with Crippen molar-refractivity contribution < 1.29 is 23.1 Å². The largest absolute Gasteiger partial charge is 0.449 e. The molecule has 0 saturated heterocycles. The molecule has 0 spiro atoms. The van der Waals surface area contributed by atoms with Gasteiger partial charge in [0.15, 0.2) is 6.10 Å². The summed E-state index contributed by atoms with van der Waals surface area (Å²) >= 11 is 5.75. The number of para-hydroxylation sites is 1. The van der Waals surface area contributed by atoms with Crippen LogP contribution in [-0.4, -0.2) is 18.0 Å². The van der Waals surface area contributed by atoms with Crippen LogP contribution in [0.1, 0.15) is 17.3 Å². The Morgan fingerprint density at radius 2 is 1.74 bits per heavy atom. The van der Waals surface area contributed by atoms with Gasteiger partial charge in [-0.15, -0.1) is 0 Å². The lowest BCUT2D eigenvalue weighted by Gasteiger charge is -2.14. The Kier molecular flexibility index (Phi) is 5.28. The molecular formula is C16H12ClF2NO3. The number of rotatable bonds is 4. The van der Waals surface area contributed by atoms with Crippen LogP contribution in [0.3, 0.4) is 0 Å². The molecule has 4 nitrogen and oxygen atoms in total. The average Bonchev–Trinajstić information content (AvgIpc) is 2.49. The maximum Gasteiger partial charge on any atom is 0.343 e. The van der Waals surface area contributed by atoms with Crippen molar-refractivity contribution in [3.8, 4) is 0 Å². The highest BCUT2D eigenvalue weighted by atomic mass is 35.5. The Balaban J connectivity index is 2.06. The van der Waals surface area contributed by atoms with E-state index in [2.05, 4.69) is 5.32 Å². The lowest BCUT2D eigenvalue weighted by atomic mass is 10.2. The van der Waals surface area contributed by atoms with Gasteiger partial charge < -0.3 is 10.1 Å². The number of nitrogens with one attached hydrogen (secondary N) is 1. The highest BCUT2D eigenvalue weighted by Crippen LogP contribution is 2.21. The number of halogens is 3. The molecule has 0 fully saturated rings. The van der Waals surface area contributed by atoms with Gasteiger partial charge >= 0.3 is 5.97 Å². The van der Waals surface area contributed by atoms with Crippen molar-refractivity contribution in [1.29, 1.82) is 0 Å². The molecule has 120 valence electrons. The van der Waals surface area contributed by atoms with Crippen LogP contribution in [-0.2, 0) is 9.53 Å². The van der Waals surface area contributed by atoms with Gasteiger partial charge in [-0.1, -0.05) is 29.8 Å². The Labute approximate surface area is 136 Å². The van der Waals surface area contributed by atoms with Crippen molar-refractivity contribution >= 4 is 29.2 Å². The second-order valence-electron chi connectivity index (χ2n) is 4.61. The van der Waals surface area contributed by atoms with Crippen LogP contribution in [0.2, 0.25) is 5.02 Å². The minimum absolute atomic E-state index is 0.0516. The summed E-state index contributed by atoms with van der Waals surface area (Å²) < 4.78 is 31.9. The zero-order chi connectivity index (χ0) is 17.0. The summed E-state index contributed by atoms with van der Waals surface area (Å²) in [7, 11) is 0. The van der Waals surface area contributed by atoms with Gasteiger partial charge in [0, 0.05) is 0 Å². The normalized spacial score (nSPS) is 11.7. The molecule has 0 radical (unpaired) electrons. The summed E-state index contributed by atoms with van der Waals surface area (Å²) in [5.74, 6) is -3.32. The molecule has 0 heterocycles. The number of ether oxygens (including phenoxy) is 1. The molecule has 0 unspecified atom stereocenters. The number of carbonyl (C=O) groups is 2. The fourth-order valence-corrected chi connectivity index (χ4v) is 2.00. The van der Waals surface area contributed by atoms with E-state index in [0.717, 1.165) is 6.07 Å². The van der Waals surface area contributed by atoms with E-state index in [-0.39, 0.29) is 10.7 Å². The van der Waals surface area contributed by atoms with E-state index < -0.39 is 35.2 Å². The molecule has 0 aromatic heterocycles. The van der Waals surface area contributed by atoms with E-state index in [1.807, 2.05) is 0 Å². The number of esters is 1. The van der Waals surface area contributed by atoms with Crippen LogP contribution in [0.4, 0.5) is 14.5 Å². The van der Waals surface area contributed by atoms with Crippen molar-refractivity contribution in [2.24, 2.45) is 0 Å². The van der Waals surface area contributed by atoms with Gasteiger partial charge in [-0.2, -0.15) is 0 Å². The van der Waals surface area contributed by atoms with E-state index in [9.17, 15) is 18.4 Å². The maximum absolute atomic E-state index is 13.6. The van der Waals surface area contributed by atoms with Gasteiger partial charge in [-0.05, 0) is 31.2 Å². The molecule has 0 aliphatic heterocycles. The minimum Gasteiger partial charge on any atom is -0.449 e. The highest BCUT2D eigenvalue weighted by Gasteiger charge is 2.23. The van der Waals surface area contributed by atoms with Gasteiger partial charge in [0.1, 0.15) is 17.2 Å². The number of hydrogen-bond acceptors (Lipinski definition) is 3. The molecule has 2 aromatic rings. The third-order valence-electron chi connectivity index (χ3n) is 2.95. The molecule has 2 rings (SSSR count). The zero-order valence-electron chi connectivity index (χ0n) is 12.0. The Bertz CT molecular complexity index is 732. The van der Waals surface area contributed by atoms with E-state index in [0.29, 0.717) is 0 Å². The number of carbonyl (C=O) groups excluding carboxylic acids is 2. The van der Waals surface area contributed by atoms with Crippen molar-refractivity contribution in [2.75, 3.05) is 5.32 Å². The van der Waals surface area contributed by atoms with E-state index >= 15 is 0 Å². The first kappa shape index (κ1) is 16.9. The standard InChI is InChI=1S/C16H12ClF2NO3/c1-9(15(21)20-13-8-3-2-6-11(13)18)23-16(22)14-10(17)5-4-7-12(14)19/h2-9H,1H3,(H,20,21)/t9-/m1/s1. The molecule has 0 saturated carbocycles. The predicted octanol–water partition coefficient (Wildman–Crippen LogP) is 3.80. The second-order valence-corrected chi connectivity index (χ2v) is 5.02. The highest BCUT2D eigenvalue weighted by molar-refractivity contribution is 6.33. The molecular weight excluding hydrogens is 328 g/mol. The summed E-state index contributed by atoms with van der Waals surface area (Å²) in [6, 6.07) is 9.24. The van der Waals surface area contributed by atoms with Gasteiger partial charge in [-0.25, -0.2) is 13.6 Å².